The second-order valence-corrected chi connectivity index (χ2v) is 8.46. The molecule has 0 bridgehead atoms. The summed E-state index contributed by atoms with van der Waals surface area (Å²) in [4.78, 5) is 22.7. The van der Waals surface area contributed by atoms with Gasteiger partial charge in [-0.3, -0.25) is 14.7 Å². The number of hydrogen-bond donors (Lipinski definition) is 0. The predicted octanol–water partition coefficient (Wildman–Crippen LogP) is 2.39. The Bertz CT molecular complexity index is 510. The average Bonchev–Trinajstić information content (AvgIpc) is 3.02. The van der Waals surface area contributed by atoms with E-state index in [1.807, 2.05) is 11.8 Å². The topological polar surface area (TPSA) is 35.9 Å². The molecule has 3 atom stereocenters. The minimum absolute atomic E-state index is 0.329. The maximum Gasteiger partial charge on any atom is 0.256 e. The smallest absolute Gasteiger partial charge is 0.256 e. The number of nitrogens with zero attached hydrogens (tertiary/aromatic N) is 3. The van der Waals surface area contributed by atoms with Gasteiger partial charge in [0.2, 0.25) is 0 Å². The molecule has 0 aromatic carbocycles. The van der Waals surface area contributed by atoms with Crippen molar-refractivity contribution in [3.8, 4) is 0 Å². The Morgan fingerprint density at radius 2 is 2.05 bits per heavy atom. The molecule has 2 heterocycles. The van der Waals surface area contributed by atoms with E-state index in [-0.39, 0.29) is 0 Å². The zero-order valence-corrected chi connectivity index (χ0v) is 14.2. The van der Waals surface area contributed by atoms with Crippen molar-refractivity contribution in [3.63, 3.8) is 0 Å². The maximum atomic E-state index is 13.2. The number of aliphatic imine (C=N–C) groups is 1. The molecule has 4 nitrogen and oxygen atoms in total. The molecule has 1 amide bonds. The fraction of sp³-hybridized carbons (Fsp3) is 0.889. The van der Waals surface area contributed by atoms with E-state index in [1.165, 1.54) is 25.8 Å². The molecule has 1 spiro atoms. The van der Waals surface area contributed by atoms with Gasteiger partial charge in [0.05, 0.1) is 0 Å². The van der Waals surface area contributed by atoms with Crippen molar-refractivity contribution in [1.82, 2.24) is 9.80 Å². The molecule has 2 aliphatic heterocycles. The van der Waals surface area contributed by atoms with E-state index in [4.69, 9.17) is 4.99 Å². The van der Waals surface area contributed by atoms with Crippen molar-refractivity contribution in [1.29, 1.82) is 0 Å². The minimum Gasteiger partial charge on any atom is -0.302 e. The first-order valence-corrected chi connectivity index (χ1v) is 9.10. The van der Waals surface area contributed by atoms with Gasteiger partial charge in [-0.25, -0.2) is 0 Å². The van der Waals surface area contributed by atoms with Crippen molar-refractivity contribution < 1.29 is 4.79 Å². The van der Waals surface area contributed by atoms with Gasteiger partial charge < -0.3 is 4.90 Å². The molecular formula is C18H29N3O. The Kier molecular flexibility index (Phi) is 3.37. The van der Waals surface area contributed by atoms with Gasteiger partial charge in [0, 0.05) is 32.1 Å². The number of carbonyl (C=O) groups is 1. The van der Waals surface area contributed by atoms with Crippen LogP contribution in [0.25, 0.3) is 0 Å². The first kappa shape index (κ1) is 14.7. The van der Waals surface area contributed by atoms with Gasteiger partial charge >= 0.3 is 0 Å². The van der Waals surface area contributed by atoms with E-state index in [2.05, 4.69) is 18.7 Å². The molecule has 4 aliphatic rings. The third kappa shape index (κ3) is 2.22. The van der Waals surface area contributed by atoms with Crippen molar-refractivity contribution in [3.05, 3.63) is 0 Å². The Labute approximate surface area is 133 Å². The largest absolute Gasteiger partial charge is 0.302 e. The van der Waals surface area contributed by atoms with Crippen LogP contribution in [0.3, 0.4) is 0 Å². The molecule has 0 radical (unpaired) electrons. The molecule has 2 aliphatic carbocycles. The van der Waals surface area contributed by atoms with Crippen molar-refractivity contribution in [2.45, 2.75) is 52.0 Å². The average molecular weight is 303 g/mol. The van der Waals surface area contributed by atoms with Crippen LogP contribution in [0.4, 0.5) is 0 Å². The zero-order valence-electron chi connectivity index (χ0n) is 14.2. The van der Waals surface area contributed by atoms with Crippen molar-refractivity contribution in [2.24, 2.45) is 28.7 Å². The number of amides is 1. The fourth-order valence-corrected chi connectivity index (χ4v) is 5.01. The van der Waals surface area contributed by atoms with Gasteiger partial charge in [0.1, 0.15) is 11.4 Å². The van der Waals surface area contributed by atoms with Crippen LogP contribution < -0.4 is 0 Å². The molecule has 0 aromatic rings. The molecule has 0 unspecified atom stereocenters. The highest BCUT2D eigenvalue weighted by atomic mass is 16.2. The van der Waals surface area contributed by atoms with Gasteiger partial charge in [-0.2, -0.15) is 0 Å². The molecule has 0 N–H and O–H groups in total. The molecule has 4 rings (SSSR count). The lowest BCUT2D eigenvalue weighted by Crippen LogP contribution is -2.47. The van der Waals surface area contributed by atoms with E-state index in [0.717, 1.165) is 37.8 Å². The summed E-state index contributed by atoms with van der Waals surface area (Å²) < 4.78 is 0. The molecule has 1 saturated heterocycles. The van der Waals surface area contributed by atoms with E-state index in [0.29, 0.717) is 23.7 Å². The van der Waals surface area contributed by atoms with Gasteiger partial charge in [-0.15, -0.1) is 0 Å². The highest BCUT2D eigenvalue weighted by Gasteiger charge is 2.60. The highest BCUT2D eigenvalue weighted by Crippen LogP contribution is 2.50. The third-order valence-corrected chi connectivity index (χ3v) is 6.15. The van der Waals surface area contributed by atoms with Crippen LogP contribution in [-0.2, 0) is 4.79 Å². The number of amidine groups is 1. The van der Waals surface area contributed by atoms with Crippen LogP contribution in [0.1, 0.15) is 46.5 Å². The fourth-order valence-electron chi connectivity index (χ4n) is 5.01. The summed E-state index contributed by atoms with van der Waals surface area (Å²) in [7, 11) is 0. The van der Waals surface area contributed by atoms with Crippen LogP contribution in [0, 0.1) is 23.7 Å². The molecule has 122 valence electrons. The SMILES string of the molecule is CC1=N[C@@]2(CC[C@@H]3CN(CC(C)C)C[C@@H]32)C(=O)N1CC1CC1. The minimum atomic E-state index is -0.393. The number of fused-ring (bicyclic) bond motifs is 2. The Balaban J connectivity index is 1.53. The maximum absolute atomic E-state index is 13.2. The van der Waals surface area contributed by atoms with Crippen molar-refractivity contribution in [2.75, 3.05) is 26.2 Å². The van der Waals surface area contributed by atoms with Gasteiger partial charge in [-0.05, 0) is 50.4 Å². The number of likely N-dealkylation sites (tertiary alicyclic amines) is 1. The number of hydrogen-bond acceptors (Lipinski definition) is 3. The van der Waals surface area contributed by atoms with E-state index in [1.54, 1.807) is 0 Å². The summed E-state index contributed by atoms with van der Waals surface area (Å²) >= 11 is 0. The number of rotatable bonds is 4. The normalized spacial score (nSPS) is 38.5. The quantitative estimate of drug-likeness (QED) is 0.799. The monoisotopic (exact) mass is 303 g/mol. The predicted molar refractivity (Wildman–Crippen MR) is 87.8 cm³/mol. The van der Waals surface area contributed by atoms with Crippen LogP contribution in [0.15, 0.2) is 4.99 Å². The Hall–Kier alpha value is -0.900. The van der Waals surface area contributed by atoms with Crippen LogP contribution in [0.2, 0.25) is 0 Å². The van der Waals surface area contributed by atoms with E-state index in [9.17, 15) is 4.79 Å². The molecule has 2 saturated carbocycles. The molecule has 0 aromatic heterocycles. The summed E-state index contributed by atoms with van der Waals surface area (Å²) in [6.07, 6.45) is 4.74. The standard InChI is InChI=1S/C18H29N3O/c1-12(2)8-20-10-15-6-7-18(16(15)11-20)17(22)21(13(3)19-18)9-14-4-5-14/h12,14-16H,4-11H2,1-3H3/t15-,16+,18-/m1/s1. The lowest BCUT2D eigenvalue weighted by molar-refractivity contribution is -0.132. The van der Waals surface area contributed by atoms with E-state index < -0.39 is 5.54 Å². The molecular weight excluding hydrogens is 274 g/mol. The van der Waals surface area contributed by atoms with Gasteiger partial charge in [0.15, 0.2) is 0 Å². The Morgan fingerprint density at radius 3 is 2.73 bits per heavy atom. The first-order chi connectivity index (χ1) is 10.5. The second-order valence-electron chi connectivity index (χ2n) is 8.46. The van der Waals surface area contributed by atoms with Crippen molar-refractivity contribution >= 4 is 11.7 Å². The lowest BCUT2D eigenvalue weighted by atomic mass is 9.85. The van der Waals surface area contributed by atoms with Crippen LogP contribution in [0.5, 0.6) is 0 Å². The number of carbonyl (C=O) groups excluding carboxylic acids is 1. The van der Waals surface area contributed by atoms with Crippen LogP contribution >= 0.6 is 0 Å². The summed E-state index contributed by atoms with van der Waals surface area (Å²) in [5.74, 6) is 3.89. The summed E-state index contributed by atoms with van der Waals surface area (Å²) in [5.41, 5.74) is -0.393. The summed E-state index contributed by atoms with van der Waals surface area (Å²) in [5, 5.41) is 0. The highest BCUT2D eigenvalue weighted by molar-refractivity contribution is 6.07. The summed E-state index contributed by atoms with van der Waals surface area (Å²) in [6.45, 7) is 10.9. The van der Waals surface area contributed by atoms with Crippen LogP contribution in [-0.4, -0.2) is 53.3 Å². The third-order valence-electron chi connectivity index (χ3n) is 6.15. The first-order valence-electron chi connectivity index (χ1n) is 9.10. The second kappa shape index (κ2) is 5.05. The zero-order chi connectivity index (χ0) is 15.5. The molecule has 22 heavy (non-hydrogen) atoms. The Morgan fingerprint density at radius 1 is 1.27 bits per heavy atom. The molecule has 3 fully saturated rings. The molecule has 4 heteroatoms. The lowest BCUT2D eigenvalue weighted by Gasteiger charge is -2.28. The van der Waals surface area contributed by atoms with Gasteiger partial charge in [0.25, 0.3) is 5.91 Å². The van der Waals surface area contributed by atoms with E-state index >= 15 is 0 Å². The van der Waals surface area contributed by atoms with Gasteiger partial charge in [-0.1, -0.05) is 13.8 Å². The summed E-state index contributed by atoms with van der Waals surface area (Å²) in [6, 6.07) is 0.